The zero-order valence-electron chi connectivity index (χ0n) is 13.4. The average Bonchev–Trinajstić information content (AvgIpc) is 3.20. The first-order valence-electron chi connectivity index (χ1n) is 7.49. The smallest absolute Gasteiger partial charge is 0.236 e. The Morgan fingerprint density at radius 1 is 1.29 bits per heavy atom. The summed E-state index contributed by atoms with van der Waals surface area (Å²) in [7, 11) is 1.91. The number of carbonyl (C=O) groups is 1. The third-order valence-electron chi connectivity index (χ3n) is 3.39. The summed E-state index contributed by atoms with van der Waals surface area (Å²) in [6.07, 6.45) is 0.817. The normalized spacial score (nSPS) is 10.8. The maximum atomic E-state index is 12.1. The second-order valence-electron chi connectivity index (χ2n) is 5.05. The molecule has 1 N–H and O–H groups in total. The minimum Gasteiger partial charge on any atom is -0.309 e. The molecule has 0 saturated heterocycles. The zero-order valence-corrected chi connectivity index (χ0v) is 15.0. The highest BCUT2D eigenvalue weighted by atomic mass is 32.2. The number of amides is 1. The molecule has 24 heavy (non-hydrogen) atoms. The SMILES string of the molecule is CCc1nnc(SCC(=O)Nc2nc(-c3ccccc3)cs2)n1C. The lowest BCUT2D eigenvalue weighted by Crippen LogP contribution is -2.14. The van der Waals surface area contributed by atoms with Crippen molar-refractivity contribution in [3.8, 4) is 11.3 Å². The molecule has 3 aromatic rings. The van der Waals surface area contributed by atoms with Crippen LogP contribution in [0, 0.1) is 0 Å². The van der Waals surface area contributed by atoms with Gasteiger partial charge in [0.05, 0.1) is 11.4 Å². The predicted molar refractivity (Wildman–Crippen MR) is 97.3 cm³/mol. The molecule has 0 radical (unpaired) electrons. The summed E-state index contributed by atoms with van der Waals surface area (Å²) < 4.78 is 1.91. The van der Waals surface area contributed by atoms with Gasteiger partial charge in [0, 0.05) is 24.4 Å². The highest BCUT2D eigenvalue weighted by Gasteiger charge is 2.12. The number of hydrogen-bond acceptors (Lipinski definition) is 6. The summed E-state index contributed by atoms with van der Waals surface area (Å²) in [6, 6.07) is 9.89. The minimum atomic E-state index is -0.102. The molecule has 3 rings (SSSR count). The van der Waals surface area contributed by atoms with Crippen LogP contribution < -0.4 is 5.32 Å². The number of nitrogens with zero attached hydrogens (tertiary/aromatic N) is 4. The lowest BCUT2D eigenvalue weighted by Gasteiger charge is -2.02. The highest BCUT2D eigenvalue weighted by molar-refractivity contribution is 7.99. The Labute approximate surface area is 148 Å². The largest absolute Gasteiger partial charge is 0.309 e. The number of nitrogens with one attached hydrogen (secondary N) is 1. The molecule has 0 saturated carbocycles. The molecule has 8 heteroatoms. The minimum absolute atomic E-state index is 0.102. The Bertz CT molecular complexity index is 828. The van der Waals surface area contributed by atoms with Gasteiger partial charge < -0.3 is 9.88 Å². The number of rotatable bonds is 6. The molecular formula is C16H17N5OS2. The van der Waals surface area contributed by atoms with E-state index in [2.05, 4.69) is 20.5 Å². The molecule has 0 unspecified atom stereocenters. The van der Waals surface area contributed by atoms with Gasteiger partial charge in [-0.3, -0.25) is 4.79 Å². The van der Waals surface area contributed by atoms with Crippen LogP contribution in [0.1, 0.15) is 12.7 Å². The first-order valence-corrected chi connectivity index (χ1v) is 9.35. The Kier molecular flexibility index (Phi) is 5.27. The van der Waals surface area contributed by atoms with E-state index in [1.807, 2.05) is 54.3 Å². The Balaban J connectivity index is 1.57. The van der Waals surface area contributed by atoms with Gasteiger partial charge in [-0.15, -0.1) is 21.5 Å². The molecular weight excluding hydrogens is 342 g/mol. The number of hydrogen-bond donors (Lipinski definition) is 1. The Morgan fingerprint density at radius 3 is 2.79 bits per heavy atom. The number of aromatic nitrogens is 4. The number of benzene rings is 1. The second-order valence-corrected chi connectivity index (χ2v) is 6.85. The third-order valence-corrected chi connectivity index (χ3v) is 5.17. The van der Waals surface area contributed by atoms with Gasteiger partial charge in [-0.2, -0.15) is 0 Å². The monoisotopic (exact) mass is 359 g/mol. The number of anilines is 1. The van der Waals surface area contributed by atoms with E-state index in [9.17, 15) is 4.79 Å². The van der Waals surface area contributed by atoms with Gasteiger partial charge >= 0.3 is 0 Å². The van der Waals surface area contributed by atoms with E-state index in [0.717, 1.165) is 28.7 Å². The van der Waals surface area contributed by atoms with Crippen LogP contribution in [0.3, 0.4) is 0 Å². The average molecular weight is 359 g/mol. The van der Waals surface area contributed by atoms with Crippen LogP contribution in [0.5, 0.6) is 0 Å². The molecule has 0 atom stereocenters. The van der Waals surface area contributed by atoms with Crippen LogP contribution in [-0.2, 0) is 18.3 Å². The van der Waals surface area contributed by atoms with Gasteiger partial charge in [-0.1, -0.05) is 49.0 Å². The van der Waals surface area contributed by atoms with Crippen LogP contribution in [0.25, 0.3) is 11.3 Å². The lowest BCUT2D eigenvalue weighted by atomic mass is 10.2. The quantitative estimate of drug-likeness (QED) is 0.684. The van der Waals surface area contributed by atoms with Gasteiger partial charge in [-0.25, -0.2) is 4.98 Å². The van der Waals surface area contributed by atoms with Crippen molar-refractivity contribution >= 4 is 34.1 Å². The van der Waals surface area contributed by atoms with E-state index in [1.54, 1.807) is 0 Å². The molecule has 0 aliphatic rings. The van der Waals surface area contributed by atoms with Crippen molar-refractivity contribution in [1.29, 1.82) is 0 Å². The molecule has 1 amide bonds. The molecule has 6 nitrogen and oxygen atoms in total. The summed E-state index contributed by atoms with van der Waals surface area (Å²) in [6.45, 7) is 2.03. The maximum absolute atomic E-state index is 12.1. The standard InChI is InChI=1S/C16H17N5OS2/c1-3-13-19-20-16(21(13)2)24-10-14(22)18-15-17-12(9-23-15)11-7-5-4-6-8-11/h4-9H,3,10H2,1-2H3,(H,17,18,22). The number of thiazole rings is 1. The topological polar surface area (TPSA) is 72.7 Å². The Morgan fingerprint density at radius 2 is 2.08 bits per heavy atom. The van der Waals surface area contributed by atoms with E-state index in [0.29, 0.717) is 5.13 Å². The van der Waals surface area contributed by atoms with Crippen molar-refractivity contribution < 1.29 is 4.79 Å². The number of thioether (sulfide) groups is 1. The first kappa shape index (κ1) is 16.7. The Hall–Kier alpha value is -2.19. The summed E-state index contributed by atoms with van der Waals surface area (Å²) >= 11 is 2.79. The van der Waals surface area contributed by atoms with Gasteiger partial charge in [0.1, 0.15) is 5.82 Å². The fraction of sp³-hybridized carbons (Fsp3) is 0.250. The molecule has 0 aliphatic heterocycles. The molecule has 124 valence electrons. The van der Waals surface area contributed by atoms with E-state index in [4.69, 9.17) is 0 Å². The van der Waals surface area contributed by atoms with Gasteiger partial charge in [0.25, 0.3) is 0 Å². The van der Waals surface area contributed by atoms with E-state index in [1.165, 1.54) is 23.1 Å². The van der Waals surface area contributed by atoms with Crippen LogP contribution in [0.15, 0.2) is 40.9 Å². The second kappa shape index (κ2) is 7.59. The number of aryl methyl sites for hydroxylation is 1. The number of carbonyl (C=O) groups excluding carboxylic acids is 1. The van der Waals surface area contributed by atoms with Crippen LogP contribution >= 0.6 is 23.1 Å². The molecule has 2 heterocycles. The van der Waals surface area contributed by atoms with Gasteiger partial charge in [0.2, 0.25) is 5.91 Å². The van der Waals surface area contributed by atoms with Crippen LogP contribution in [-0.4, -0.2) is 31.4 Å². The van der Waals surface area contributed by atoms with Crippen molar-refractivity contribution in [2.45, 2.75) is 18.5 Å². The van der Waals surface area contributed by atoms with Crippen molar-refractivity contribution in [1.82, 2.24) is 19.7 Å². The molecule has 2 aromatic heterocycles. The molecule has 0 spiro atoms. The molecule has 0 bridgehead atoms. The van der Waals surface area contributed by atoms with E-state index < -0.39 is 0 Å². The lowest BCUT2D eigenvalue weighted by molar-refractivity contribution is -0.113. The van der Waals surface area contributed by atoms with E-state index in [-0.39, 0.29) is 11.7 Å². The molecule has 0 fully saturated rings. The summed E-state index contributed by atoms with van der Waals surface area (Å²) in [5.41, 5.74) is 1.90. The van der Waals surface area contributed by atoms with Crippen molar-refractivity contribution in [3.63, 3.8) is 0 Å². The zero-order chi connectivity index (χ0) is 16.9. The fourth-order valence-corrected chi connectivity index (χ4v) is 3.60. The highest BCUT2D eigenvalue weighted by Crippen LogP contribution is 2.25. The summed E-state index contributed by atoms with van der Waals surface area (Å²) in [4.78, 5) is 16.6. The van der Waals surface area contributed by atoms with Crippen molar-refractivity contribution in [2.24, 2.45) is 7.05 Å². The molecule has 0 aliphatic carbocycles. The maximum Gasteiger partial charge on any atom is 0.236 e. The summed E-state index contributed by atoms with van der Waals surface area (Å²) in [5.74, 6) is 1.08. The van der Waals surface area contributed by atoms with Gasteiger partial charge in [-0.05, 0) is 0 Å². The third kappa shape index (κ3) is 3.82. The van der Waals surface area contributed by atoms with Crippen molar-refractivity contribution in [2.75, 3.05) is 11.1 Å². The first-order chi connectivity index (χ1) is 11.7. The van der Waals surface area contributed by atoms with Crippen molar-refractivity contribution in [3.05, 3.63) is 41.5 Å². The van der Waals surface area contributed by atoms with Crippen LogP contribution in [0.4, 0.5) is 5.13 Å². The predicted octanol–water partition coefficient (Wildman–Crippen LogP) is 3.23. The van der Waals surface area contributed by atoms with E-state index >= 15 is 0 Å². The fourth-order valence-electron chi connectivity index (χ4n) is 2.14. The van der Waals surface area contributed by atoms with Crippen LogP contribution in [0.2, 0.25) is 0 Å². The molecule has 1 aromatic carbocycles. The summed E-state index contributed by atoms with van der Waals surface area (Å²) in [5, 5.41) is 14.3. The van der Waals surface area contributed by atoms with Gasteiger partial charge in [0.15, 0.2) is 10.3 Å².